The molecule has 0 radical (unpaired) electrons. The molecule has 0 fully saturated rings. The normalized spacial score (nSPS) is 11.6. The van der Waals surface area contributed by atoms with E-state index in [4.69, 9.17) is 0 Å². The molecule has 0 saturated heterocycles. The van der Waals surface area contributed by atoms with Gasteiger partial charge in [0.1, 0.15) is 65.8 Å². The van der Waals surface area contributed by atoms with Crippen LogP contribution in [0.3, 0.4) is 0 Å². The Balaban J connectivity index is 0.000000355. The molecule has 22 heteroatoms. The van der Waals surface area contributed by atoms with Gasteiger partial charge in [0.15, 0.2) is 69.8 Å². The predicted molar refractivity (Wildman–Crippen MR) is 181 cm³/mol. The quantitative estimate of drug-likeness (QED) is 0.0648. The molecular weight excluding hydrogens is 885 g/mol. The number of hydrogen-bond donors (Lipinski definition) is 1. The van der Waals surface area contributed by atoms with Crippen molar-refractivity contribution >= 4 is 28.0 Å². The van der Waals surface area contributed by atoms with Gasteiger partial charge >= 0.3 is 0 Å². The fraction of sp³-hybridized carbons (Fsp3) is 0.100. The maximum absolute atomic E-state index is 15.4. The number of rotatable bonds is 9. The molecule has 6 rings (SSSR count). The van der Waals surface area contributed by atoms with E-state index in [1.54, 1.807) is 4.90 Å². The molecule has 328 valence electrons. The van der Waals surface area contributed by atoms with E-state index in [2.05, 4.69) is 67.6 Å². The minimum atomic E-state index is -7.22. The first-order chi connectivity index (χ1) is 29.1. The van der Waals surface area contributed by atoms with Crippen LogP contribution >= 0.6 is 0 Å². The topological polar surface area (TPSA) is 4.44 Å². The van der Waals surface area contributed by atoms with Crippen molar-refractivity contribution in [3.63, 3.8) is 0 Å². The molecule has 0 aliphatic rings. The molecule has 0 aromatic heterocycles. The van der Waals surface area contributed by atoms with Gasteiger partial charge in [-0.1, -0.05) is 60.7 Å². The van der Waals surface area contributed by atoms with Crippen LogP contribution in [0.5, 0.6) is 0 Å². The van der Waals surface area contributed by atoms with Crippen LogP contribution in [0.15, 0.2) is 60.7 Å². The van der Waals surface area contributed by atoms with Crippen LogP contribution in [0.25, 0.3) is 0 Å². The highest BCUT2D eigenvalue weighted by Crippen LogP contribution is 2.30. The predicted octanol–water partition coefficient (Wildman–Crippen LogP) is 8.14. The van der Waals surface area contributed by atoms with Gasteiger partial charge in [-0.3, -0.25) is 0 Å². The molecule has 0 unspecified atom stereocenters. The van der Waals surface area contributed by atoms with Gasteiger partial charge in [-0.25, -0.2) is 87.8 Å². The van der Waals surface area contributed by atoms with Gasteiger partial charge in [-0.2, -0.15) is 0 Å². The van der Waals surface area contributed by atoms with E-state index in [0.717, 1.165) is 19.6 Å². The second-order valence-electron chi connectivity index (χ2n) is 13.2. The molecule has 1 N–H and O–H groups in total. The van der Waals surface area contributed by atoms with Crippen molar-refractivity contribution in [1.29, 1.82) is 0 Å². The summed E-state index contributed by atoms with van der Waals surface area (Å²) in [6, 6.07) is 21.5. The first-order valence-corrected chi connectivity index (χ1v) is 17.2. The zero-order valence-corrected chi connectivity index (χ0v) is 30.5. The van der Waals surface area contributed by atoms with Crippen LogP contribution in [-0.2, 0) is 13.1 Å². The summed E-state index contributed by atoms with van der Waals surface area (Å²) in [5.41, 5.74) is -11.5. The average Bonchev–Trinajstić information content (AvgIpc) is 3.27. The third-order valence-corrected chi connectivity index (χ3v) is 9.80. The Kier molecular flexibility index (Phi) is 13.7. The van der Waals surface area contributed by atoms with Gasteiger partial charge in [-0.15, -0.1) is 21.9 Å². The van der Waals surface area contributed by atoms with Crippen molar-refractivity contribution in [1.82, 2.24) is 0 Å². The van der Waals surface area contributed by atoms with E-state index in [9.17, 15) is 52.7 Å². The lowest BCUT2D eigenvalue weighted by Crippen LogP contribution is -3.09. The zero-order chi connectivity index (χ0) is 46.3. The molecule has 0 aliphatic heterocycles. The average molecular weight is 905 g/mol. The van der Waals surface area contributed by atoms with Gasteiger partial charge in [0.2, 0.25) is 0 Å². The van der Waals surface area contributed by atoms with E-state index in [0.29, 0.717) is 0 Å². The summed E-state index contributed by atoms with van der Waals surface area (Å²) in [5.74, 6) is -71.4. The highest BCUT2D eigenvalue weighted by atomic mass is 19.2. The molecule has 0 saturated carbocycles. The van der Waals surface area contributed by atoms with Crippen molar-refractivity contribution < 1.29 is 92.7 Å². The summed E-state index contributed by atoms with van der Waals surface area (Å²) in [7, 11) is 0. The third-order valence-electron chi connectivity index (χ3n) is 9.80. The molecule has 0 bridgehead atoms. The minimum absolute atomic E-state index is 1.10. The van der Waals surface area contributed by atoms with E-state index >= 15 is 35.1 Å². The lowest BCUT2D eigenvalue weighted by molar-refractivity contribution is -0.925. The van der Waals surface area contributed by atoms with E-state index in [1.165, 1.54) is 11.1 Å². The molecule has 0 atom stereocenters. The first-order valence-electron chi connectivity index (χ1n) is 17.2. The summed E-state index contributed by atoms with van der Waals surface area (Å²) < 4.78 is 294. The summed E-state index contributed by atoms with van der Waals surface area (Å²) in [6.07, 6.45) is -7.22. The number of quaternary nitrogens is 1. The SMILES string of the molecule is CC[NH+](Cc1ccccc1)Cc1ccccc1.Fc1c(F)c(F)c([B-](c2c(F)c(F)c(F)c(F)c2F)(c2c(F)c(F)c(F)c(F)c2F)c2c(F)c(F)c(F)c(F)c2F)c(F)c1F. The second kappa shape index (κ2) is 18.1. The molecule has 0 amide bonds. The van der Waals surface area contributed by atoms with Crippen molar-refractivity contribution in [2.45, 2.75) is 20.0 Å². The summed E-state index contributed by atoms with van der Waals surface area (Å²) in [6.45, 7) is 5.61. The fourth-order valence-electron chi connectivity index (χ4n) is 6.96. The highest BCUT2D eigenvalue weighted by Gasteiger charge is 2.52. The van der Waals surface area contributed by atoms with Crippen molar-refractivity contribution in [2.75, 3.05) is 6.54 Å². The summed E-state index contributed by atoms with van der Waals surface area (Å²) in [5, 5.41) is 0. The van der Waals surface area contributed by atoms with Crippen LogP contribution in [0.4, 0.5) is 87.8 Å². The largest absolute Gasteiger partial charge is 0.328 e. The molecule has 1 nitrogen and oxygen atoms in total. The molecule has 0 heterocycles. The minimum Gasteiger partial charge on any atom is -0.328 e. The van der Waals surface area contributed by atoms with Crippen molar-refractivity contribution in [2.24, 2.45) is 0 Å². The van der Waals surface area contributed by atoms with E-state index in [1.807, 2.05) is 0 Å². The molecule has 62 heavy (non-hydrogen) atoms. The zero-order valence-electron chi connectivity index (χ0n) is 30.5. The van der Waals surface area contributed by atoms with Crippen LogP contribution in [0.1, 0.15) is 18.1 Å². The van der Waals surface area contributed by atoms with Crippen LogP contribution in [-0.4, -0.2) is 12.7 Å². The lowest BCUT2D eigenvalue weighted by atomic mass is 9.12. The van der Waals surface area contributed by atoms with Crippen molar-refractivity contribution in [3.05, 3.63) is 188 Å². The van der Waals surface area contributed by atoms with Crippen molar-refractivity contribution in [3.8, 4) is 0 Å². The molecule has 0 aliphatic carbocycles. The van der Waals surface area contributed by atoms with Crippen LogP contribution < -0.4 is 26.8 Å². The maximum Gasteiger partial charge on any atom is 0.200 e. The van der Waals surface area contributed by atoms with E-state index < -0.39 is 144 Å². The van der Waals surface area contributed by atoms with Gasteiger partial charge < -0.3 is 4.90 Å². The van der Waals surface area contributed by atoms with Gasteiger partial charge in [0.25, 0.3) is 0 Å². The Morgan fingerprint density at radius 3 is 0.645 bits per heavy atom. The number of halogens is 20. The van der Waals surface area contributed by atoms with Gasteiger partial charge in [0, 0.05) is 11.1 Å². The molecule has 6 aromatic rings. The smallest absolute Gasteiger partial charge is 0.200 e. The molecular formula is C40H20BF20N. The van der Waals surface area contributed by atoms with Crippen LogP contribution in [0, 0.1) is 116 Å². The van der Waals surface area contributed by atoms with E-state index in [-0.39, 0.29) is 0 Å². The van der Waals surface area contributed by atoms with Crippen LogP contribution in [0.2, 0.25) is 0 Å². The standard InChI is InChI=1S/C24BF20.C16H19N/c26-5-1(6(27)14(35)21(42)13(5)34)25(2-7(28)15(36)22(43)16(37)8(2)29,3-9(30)17(38)23(44)18(39)10(3)31)4-11(32)19(40)24(45)20(41)12(4)33;1-2-17(13-15-9-5-3-6-10-15)14-16-11-7-4-8-12-16/h;3-12H,2,13-14H2,1H3/q-1;/p+1. The fourth-order valence-corrected chi connectivity index (χ4v) is 6.96. The number of benzene rings is 6. The lowest BCUT2D eigenvalue weighted by Gasteiger charge is -2.44. The molecule has 0 spiro atoms. The summed E-state index contributed by atoms with van der Waals surface area (Å²) in [4.78, 5) is 1.60. The Morgan fingerprint density at radius 1 is 0.290 bits per heavy atom. The Morgan fingerprint density at radius 2 is 0.468 bits per heavy atom. The monoisotopic (exact) mass is 905 g/mol. The van der Waals surface area contributed by atoms with Gasteiger partial charge in [0.05, 0.1) is 6.54 Å². The highest BCUT2D eigenvalue weighted by molar-refractivity contribution is 7.20. The Bertz CT molecular complexity index is 2250. The Hall–Kier alpha value is -6.06. The summed E-state index contributed by atoms with van der Waals surface area (Å²) >= 11 is 0. The first kappa shape index (κ1) is 47.0. The Labute approximate surface area is 335 Å². The molecule has 6 aromatic carbocycles. The third kappa shape index (κ3) is 7.72. The number of hydrogen-bond acceptors (Lipinski definition) is 0. The maximum atomic E-state index is 15.4. The van der Waals surface area contributed by atoms with Gasteiger partial charge in [-0.05, 0) is 6.92 Å². The number of nitrogens with one attached hydrogen (secondary N) is 1. The second-order valence-corrected chi connectivity index (χ2v) is 13.2.